The lowest BCUT2D eigenvalue weighted by molar-refractivity contribution is 0.111. The summed E-state index contributed by atoms with van der Waals surface area (Å²) in [5, 5.41) is 17.2. The Morgan fingerprint density at radius 2 is 1.83 bits per heavy atom. The van der Waals surface area contributed by atoms with Crippen LogP contribution in [0.4, 0.5) is 0 Å². The molecule has 0 amide bonds. The number of halogens is 1. The number of nitrogens with zero attached hydrogens (tertiary/aromatic N) is 3. The summed E-state index contributed by atoms with van der Waals surface area (Å²) in [4.78, 5) is 9.45. The zero-order chi connectivity index (χ0) is 19.6. The summed E-state index contributed by atoms with van der Waals surface area (Å²) in [6.07, 6.45) is 4.63. The molecule has 3 rings (SSSR count). The summed E-state index contributed by atoms with van der Waals surface area (Å²) < 4.78 is 0. The topological polar surface area (TPSA) is 63.1 Å². The fourth-order valence-electron chi connectivity index (χ4n) is 4.12. The summed E-state index contributed by atoms with van der Waals surface area (Å²) in [5.41, 5.74) is 2.83. The molecular weight excluding hydrogens is 477 g/mol. The van der Waals surface area contributed by atoms with Crippen LogP contribution in [0, 0.1) is 0 Å². The van der Waals surface area contributed by atoms with E-state index >= 15 is 0 Å². The lowest BCUT2D eigenvalue weighted by Gasteiger charge is -2.30. The Labute approximate surface area is 193 Å². The first kappa shape index (κ1) is 24.4. The molecule has 0 bridgehead atoms. The standard InChI is InChI=1S/C22H37N5O.HI/c1-2-23-22(24-11-15-26-12-6-3-7-13-26)25-16-21(28)18-27-14-10-19-8-4-5-9-20(19)17-27;/h4-5,8-9,21,28H,2-3,6-7,10-18H2,1H3,(H2,23,24,25);1H. The molecule has 0 spiro atoms. The number of likely N-dealkylation sites (tertiary alicyclic amines) is 1. The number of nitrogens with one attached hydrogen (secondary N) is 2. The molecule has 2 aliphatic rings. The van der Waals surface area contributed by atoms with Crippen LogP contribution in [0.2, 0.25) is 0 Å². The van der Waals surface area contributed by atoms with Crippen molar-refractivity contribution in [2.24, 2.45) is 4.99 Å². The average molecular weight is 515 g/mol. The molecule has 7 heteroatoms. The van der Waals surface area contributed by atoms with Gasteiger partial charge in [0.05, 0.1) is 12.6 Å². The van der Waals surface area contributed by atoms with Gasteiger partial charge in [-0.05, 0) is 50.4 Å². The molecule has 1 atom stereocenters. The van der Waals surface area contributed by atoms with E-state index in [1.54, 1.807) is 0 Å². The first-order valence-electron chi connectivity index (χ1n) is 11.0. The molecule has 0 radical (unpaired) electrons. The van der Waals surface area contributed by atoms with Crippen molar-refractivity contribution in [1.29, 1.82) is 0 Å². The van der Waals surface area contributed by atoms with Gasteiger partial charge >= 0.3 is 0 Å². The van der Waals surface area contributed by atoms with Crippen molar-refractivity contribution in [3.05, 3.63) is 35.4 Å². The lowest BCUT2D eigenvalue weighted by atomic mass is 10.00. The van der Waals surface area contributed by atoms with Gasteiger partial charge in [0.1, 0.15) is 0 Å². The van der Waals surface area contributed by atoms with Crippen molar-refractivity contribution in [3.8, 4) is 0 Å². The molecule has 1 saturated heterocycles. The first-order valence-corrected chi connectivity index (χ1v) is 11.0. The highest BCUT2D eigenvalue weighted by Crippen LogP contribution is 2.18. The Kier molecular flexibility index (Phi) is 11.3. The second-order valence-corrected chi connectivity index (χ2v) is 7.96. The van der Waals surface area contributed by atoms with Crippen LogP contribution in [-0.2, 0) is 13.0 Å². The van der Waals surface area contributed by atoms with Crippen LogP contribution in [0.25, 0.3) is 0 Å². The minimum Gasteiger partial charge on any atom is -0.390 e. The molecule has 164 valence electrons. The first-order chi connectivity index (χ1) is 13.7. The van der Waals surface area contributed by atoms with Crippen molar-refractivity contribution in [1.82, 2.24) is 20.4 Å². The number of fused-ring (bicyclic) bond motifs is 1. The van der Waals surface area contributed by atoms with Gasteiger partial charge in [-0.1, -0.05) is 30.7 Å². The highest BCUT2D eigenvalue weighted by molar-refractivity contribution is 14.0. The maximum Gasteiger partial charge on any atom is 0.191 e. The molecule has 0 aliphatic carbocycles. The lowest BCUT2D eigenvalue weighted by Crippen LogP contribution is -2.43. The van der Waals surface area contributed by atoms with Crippen LogP contribution in [0.3, 0.4) is 0 Å². The zero-order valence-corrected chi connectivity index (χ0v) is 20.1. The van der Waals surface area contributed by atoms with Crippen LogP contribution >= 0.6 is 24.0 Å². The van der Waals surface area contributed by atoms with Crippen molar-refractivity contribution in [2.45, 2.75) is 45.3 Å². The highest BCUT2D eigenvalue weighted by atomic mass is 127. The van der Waals surface area contributed by atoms with Gasteiger partial charge in [0.25, 0.3) is 0 Å². The molecule has 1 unspecified atom stereocenters. The van der Waals surface area contributed by atoms with E-state index < -0.39 is 6.10 Å². The fourth-order valence-corrected chi connectivity index (χ4v) is 4.12. The number of hydrogen-bond donors (Lipinski definition) is 3. The third kappa shape index (κ3) is 8.39. The van der Waals surface area contributed by atoms with Crippen LogP contribution in [0.15, 0.2) is 29.3 Å². The molecule has 2 aliphatic heterocycles. The van der Waals surface area contributed by atoms with Gasteiger partial charge in [0.2, 0.25) is 0 Å². The van der Waals surface area contributed by atoms with Crippen molar-refractivity contribution in [3.63, 3.8) is 0 Å². The summed E-state index contributed by atoms with van der Waals surface area (Å²) in [6.45, 7) is 10.3. The summed E-state index contributed by atoms with van der Waals surface area (Å²) in [7, 11) is 0. The second kappa shape index (κ2) is 13.4. The Hall–Kier alpha value is -0.900. The number of rotatable bonds is 8. The van der Waals surface area contributed by atoms with E-state index in [0.717, 1.165) is 45.1 Å². The molecule has 6 nitrogen and oxygen atoms in total. The van der Waals surface area contributed by atoms with Gasteiger partial charge in [-0.15, -0.1) is 24.0 Å². The summed E-state index contributed by atoms with van der Waals surface area (Å²) >= 11 is 0. The molecule has 0 aromatic heterocycles. The van der Waals surface area contributed by atoms with Gasteiger partial charge in [-0.25, -0.2) is 0 Å². The SMILES string of the molecule is CCNC(=NCC(O)CN1CCc2ccccc2C1)NCCN1CCCCC1.I. The van der Waals surface area contributed by atoms with Crippen LogP contribution in [0.1, 0.15) is 37.3 Å². The quantitative estimate of drug-likeness (QED) is 0.281. The van der Waals surface area contributed by atoms with Crippen LogP contribution < -0.4 is 10.6 Å². The maximum atomic E-state index is 10.5. The van der Waals surface area contributed by atoms with Crippen LogP contribution in [-0.4, -0.2) is 79.3 Å². The number of aliphatic imine (C=N–C) groups is 1. The van der Waals surface area contributed by atoms with E-state index in [9.17, 15) is 5.11 Å². The van der Waals surface area contributed by atoms with Crippen molar-refractivity contribution in [2.75, 3.05) is 52.4 Å². The minimum absolute atomic E-state index is 0. The third-order valence-electron chi connectivity index (χ3n) is 5.65. The number of benzene rings is 1. The summed E-state index contributed by atoms with van der Waals surface area (Å²) in [6, 6.07) is 8.62. The van der Waals surface area contributed by atoms with E-state index in [1.807, 2.05) is 0 Å². The number of aliphatic hydroxyl groups is 1. The monoisotopic (exact) mass is 515 g/mol. The molecule has 0 saturated carbocycles. The Morgan fingerprint density at radius 1 is 1.07 bits per heavy atom. The zero-order valence-electron chi connectivity index (χ0n) is 17.8. The minimum atomic E-state index is -0.442. The largest absolute Gasteiger partial charge is 0.390 e. The van der Waals surface area contributed by atoms with E-state index in [-0.39, 0.29) is 24.0 Å². The number of guanidine groups is 1. The van der Waals surface area contributed by atoms with Crippen LogP contribution in [0.5, 0.6) is 0 Å². The molecular formula is C22H38IN5O. The van der Waals surface area contributed by atoms with Crippen molar-refractivity contribution < 1.29 is 5.11 Å². The number of aliphatic hydroxyl groups excluding tert-OH is 1. The molecule has 1 aromatic rings. The average Bonchev–Trinajstić information content (AvgIpc) is 2.73. The Morgan fingerprint density at radius 3 is 2.59 bits per heavy atom. The predicted molar refractivity (Wildman–Crippen MR) is 131 cm³/mol. The number of hydrogen-bond acceptors (Lipinski definition) is 4. The third-order valence-corrected chi connectivity index (χ3v) is 5.65. The molecule has 29 heavy (non-hydrogen) atoms. The molecule has 2 heterocycles. The fraction of sp³-hybridized carbons (Fsp3) is 0.682. The second-order valence-electron chi connectivity index (χ2n) is 7.96. The van der Waals surface area contributed by atoms with Gasteiger partial charge < -0.3 is 20.6 Å². The van der Waals surface area contributed by atoms with E-state index in [0.29, 0.717) is 13.1 Å². The number of β-amino-alcohol motifs (C(OH)–C–C–N with tert-alkyl or cyclic N) is 1. The molecule has 3 N–H and O–H groups in total. The van der Waals surface area contributed by atoms with E-state index in [1.165, 1.54) is 43.5 Å². The van der Waals surface area contributed by atoms with Gasteiger partial charge in [-0.2, -0.15) is 0 Å². The Balaban J connectivity index is 0.00000300. The maximum absolute atomic E-state index is 10.5. The van der Waals surface area contributed by atoms with E-state index in [2.05, 4.69) is 56.6 Å². The predicted octanol–water partition coefficient (Wildman–Crippen LogP) is 2.06. The molecule has 1 fully saturated rings. The van der Waals surface area contributed by atoms with Gasteiger partial charge in [0, 0.05) is 39.3 Å². The number of piperidine rings is 1. The molecule has 1 aromatic carbocycles. The van der Waals surface area contributed by atoms with Gasteiger partial charge in [0.15, 0.2) is 5.96 Å². The normalized spacial score (nSPS) is 19.2. The highest BCUT2D eigenvalue weighted by Gasteiger charge is 2.18. The van der Waals surface area contributed by atoms with E-state index in [4.69, 9.17) is 0 Å². The van der Waals surface area contributed by atoms with Gasteiger partial charge in [-0.3, -0.25) is 9.89 Å². The smallest absolute Gasteiger partial charge is 0.191 e. The summed E-state index contributed by atoms with van der Waals surface area (Å²) in [5.74, 6) is 0.808. The van der Waals surface area contributed by atoms with Crippen molar-refractivity contribution >= 4 is 29.9 Å². The Bertz CT molecular complexity index is 621.